The number of hydrogen-bond acceptors (Lipinski definition) is 4. The maximum atomic E-state index is 11.8. The Hall–Kier alpha value is -1.62. The normalized spacial score (nSPS) is 9.89. The van der Waals surface area contributed by atoms with Gasteiger partial charge in [-0.15, -0.1) is 11.3 Å². The summed E-state index contributed by atoms with van der Waals surface area (Å²) in [7, 11) is 0. The second kappa shape index (κ2) is 7.09. The third-order valence-electron chi connectivity index (χ3n) is 2.28. The molecule has 4 nitrogen and oxygen atoms in total. The van der Waals surface area contributed by atoms with E-state index in [9.17, 15) is 9.59 Å². The van der Waals surface area contributed by atoms with E-state index in [1.807, 2.05) is 20.8 Å². The molecule has 0 saturated heterocycles. The van der Waals surface area contributed by atoms with Crippen LogP contribution in [-0.4, -0.2) is 18.5 Å². The van der Waals surface area contributed by atoms with E-state index in [1.54, 1.807) is 13.0 Å². The Labute approximate surface area is 117 Å². The summed E-state index contributed by atoms with van der Waals surface area (Å²) >= 11 is 1.41. The number of esters is 1. The van der Waals surface area contributed by atoms with Crippen LogP contribution in [0.5, 0.6) is 0 Å². The fraction of sp³-hybridized carbons (Fsp3) is 0.429. The number of rotatable bonds is 5. The van der Waals surface area contributed by atoms with E-state index in [0.29, 0.717) is 17.2 Å². The third-order valence-corrected chi connectivity index (χ3v) is 3.48. The lowest BCUT2D eigenvalue weighted by Gasteiger charge is -2.04. The van der Waals surface area contributed by atoms with Gasteiger partial charge in [-0.1, -0.05) is 12.5 Å². The topological polar surface area (TPSA) is 55.4 Å². The van der Waals surface area contributed by atoms with Gasteiger partial charge in [0.05, 0.1) is 12.2 Å². The van der Waals surface area contributed by atoms with Crippen LogP contribution in [0.2, 0.25) is 0 Å². The minimum atomic E-state index is -0.397. The molecule has 0 aliphatic carbocycles. The summed E-state index contributed by atoms with van der Waals surface area (Å²) in [5.74, 6) is -0.624. The number of thiophene rings is 1. The molecule has 0 spiro atoms. The van der Waals surface area contributed by atoms with Gasteiger partial charge in [-0.3, -0.25) is 4.79 Å². The van der Waals surface area contributed by atoms with E-state index in [1.165, 1.54) is 17.4 Å². The second-order valence-corrected chi connectivity index (χ2v) is 5.38. The first-order valence-corrected chi connectivity index (χ1v) is 7.05. The molecular weight excluding hydrogens is 262 g/mol. The molecule has 0 unspecified atom stereocenters. The van der Waals surface area contributed by atoms with Gasteiger partial charge in [0, 0.05) is 11.0 Å². The Bertz CT molecular complexity index is 499. The van der Waals surface area contributed by atoms with E-state index in [2.05, 4.69) is 5.32 Å². The Morgan fingerprint density at radius 3 is 2.58 bits per heavy atom. The molecule has 1 rings (SSSR count). The number of carbonyl (C=O) groups excluding carboxylic acids is 2. The summed E-state index contributed by atoms with van der Waals surface area (Å²) in [6.45, 7) is 7.77. The van der Waals surface area contributed by atoms with Gasteiger partial charge >= 0.3 is 5.97 Å². The number of allylic oxidation sites excluding steroid dienone is 1. The first kappa shape index (κ1) is 15.4. The van der Waals surface area contributed by atoms with Crippen molar-refractivity contribution in [2.24, 2.45) is 0 Å². The summed E-state index contributed by atoms with van der Waals surface area (Å²) in [6, 6.07) is 1.78. The average molecular weight is 281 g/mol. The van der Waals surface area contributed by atoms with Gasteiger partial charge < -0.3 is 10.1 Å². The molecule has 0 radical (unpaired) electrons. The smallest absolute Gasteiger partial charge is 0.341 e. The first-order chi connectivity index (χ1) is 8.97. The molecule has 0 bridgehead atoms. The summed E-state index contributed by atoms with van der Waals surface area (Å²) < 4.78 is 4.99. The van der Waals surface area contributed by atoms with Crippen molar-refractivity contribution in [3.8, 4) is 0 Å². The zero-order chi connectivity index (χ0) is 14.4. The lowest BCUT2D eigenvalue weighted by molar-refractivity contribution is -0.111. The minimum absolute atomic E-state index is 0.227. The van der Waals surface area contributed by atoms with E-state index >= 15 is 0 Å². The lowest BCUT2D eigenvalue weighted by atomic mass is 10.2. The molecule has 1 aromatic heterocycles. The van der Waals surface area contributed by atoms with Crippen molar-refractivity contribution in [2.75, 3.05) is 11.9 Å². The molecule has 19 heavy (non-hydrogen) atoms. The van der Waals surface area contributed by atoms with Crippen LogP contribution in [0.4, 0.5) is 5.00 Å². The van der Waals surface area contributed by atoms with Crippen LogP contribution >= 0.6 is 11.3 Å². The van der Waals surface area contributed by atoms with E-state index in [0.717, 1.165) is 16.9 Å². The third kappa shape index (κ3) is 4.52. The number of aryl methyl sites for hydroxylation is 1. The first-order valence-electron chi connectivity index (χ1n) is 6.23. The van der Waals surface area contributed by atoms with Crippen molar-refractivity contribution in [1.82, 2.24) is 0 Å². The molecule has 0 atom stereocenters. The van der Waals surface area contributed by atoms with Crippen molar-refractivity contribution in [3.05, 3.63) is 28.2 Å². The maximum Gasteiger partial charge on any atom is 0.341 e. The van der Waals surface area contributed by atoms with Crippen LogP contribution in [-0.2, 0) is 16.0 Å². The fourth-order valence-electron chi connectivity index (χ4n) is 1.48. The van der Waals surface area contributed by atoms with Gasteiger partial charge in [0.2, 0.25) is 5.91 Å². The molecule has 1 amide bonds. The van der Waals surface area contributed by atoms with E-state index in [-0.39, 0.29) is 5.91 Å². The highest BCUT2D eigenvalue weighted by Gasteiger charge is 2.17. The number of hydrogen-bond donors (Lipinski definition) is 1. The van der Waals surface area contributed by atoms with Gasteiger partial charge in [0.15, 0.2) is 0 Å². The highest BCUT2D eigenvalue weighted by molar-refractivity contribution is 7.16. The van der Waals surface area contributed by atoms with Crippen molar-refractivity contribution in [3.63, 3.8) is 0 Å². The minimum Gasteiger partial charge on any atom is -0.462 e. The molecule has 104 valence electrons. The largest absolute Gasteiger partial charge is 0.462 e. The summed E-state index contributed by atoms with van der Waals surface area (Å²) in [4.78, 5) is 24.6. The predicted octanol–water partition coefficient (Wildman–Crippen LogP) is 3.39. The van der Waals surface area contributed by atoms with Gasteiger partial charge in [0.1, 0.15) is 5.00 Å². The van der Waals surface area contributed by atoms with Gasteiger partial charge in [0.25, 0.3) is 0 Å². The van der Waals surface area contributed by atoms with Crippen molar-refractivity contribution >= 4 is 28.2 Å². The molecule has 1 heterocycles. The molecule has 0 aliphatic rings. The zero-order valence-electron chi connectivity index (χ0n) is 11.7. The number of ether oxygens (including phenoxy) is 1. The van der Waals surface area contributed by atoms with E-state index in [4.69, 9.17) is 4.74 Å². The molecule has 5 heteroatoms. The Kier molecular flexibility index (Phi) is 5.76. The fourth-order valence-corrected chi connectivity index (χ4v) is 2.47. The summed E-state index contributed by atoms with van der Waals surface area (Å²) in [5.41, 5.74) is 1.33. The molecular formula is C14H19NO3S. The van der Waals surface area contributed by atoms with Crippen molar-refractivity contribution in [1.29, 1.82) is 0 Å². The highest BCUT2D eigenvalue weighted by Crippen LogP contribution is 2.29. The van der Waals surface area contributed by atoms with E-state index < -0.39 is 5.97 Å². The highest BCUT2D eigenvalue weighted by atomic mass is 32.1. The summed E-state index contributed by atoms with van der Waals surface area (Å²) in [6.07, 6.45) is 2.32. The van der Waals surface area contributed by atoms with Crippen LogP contribution < -0.4 is 5.32 Å². The van der Waals surface area contributed by atoms with Crippen LogP contribution in [0.25, 0.3) is 0 Å². The predicted molar refractivity (Wildman–Crippen MR) is 77.7 cm³/mol. The molecule has 1 aromatic rings. The number of nitrogens with one attached hydrogen (secondary N) is 1. The van der Waals surface area contributed by atoms with Crippen molar-refractivity contribution in [2.45, 2.75) is 34.1 Å². The van der Waals surface area contributed by atoms with Gasteiger partial charge in [-0.25, -0.2) is 4.79 Å². The molecule has 1 N–H and O–H groups in total. The second-order valence-electron chi connectivity index (χ2n) is 4.24. The van der Waals surface area contributed by atoms with Crippen LogP contribution in [0.3, 0.4) is 0 Å². The Balaban J connectivity index is 2.98. The molecule has 0 aliphatic heterocycles. The Morgan fingerprint density at radius 2 is 2.05 bits per heavy atom. The lowest BCUT2D eigenvalue weighted by Crippen LogP contribution is -2.12. The standard InChI is InChI=1S/C14H19NO3S/c1-5-10-8-11(14(17)18-6-2)13(19-10)15-12(16)7-9(3)4/h7-8H,5-6H2,1-4H3,(H,15,16). The van der Waals surface area contributed by atoms with Gasteiger partial charge in [-0.05, 0) is 33.3 Å². The number of anilines is 1. The molecule has 0 saturated carbocycles. The summed E-state index contributed by atoms with van der Waals surface area (Å²) in [5, 5.41) is 3.29. The average Bonchev–Trinajstić information content (AvgIpc) is 2.71. The number of amides is 1. The van der Waals surface area contributed by atoms with Crippen LogP contribution in [0.15, 0.2) is 17.7 Å². The zero-order valence-corrected chi connectivity index (χ0v) is 12.5. The maximum absolute atomic E-state index is 11.8. The SMILES string of the molecule is CCOC(=O)c1cc(CC)sc1NC(=O)C=C(C)C. The van der Waals surface area contributed by atoms with Gasteiger partial charge in [-0.2, -0.15) is 0 Å². The van der Waals surface area contributed by atoms with Crippen molar-refractivity contribution < 1.29 is 14.3 Å². The monoisotopic (exact) mass is 281 g/mol. The molecule has 0 aromatic carbocycles. The van der Waals surface area contributed by atoms with Crippen LogP contribution in [0, 0.1) is 0 Å². The Morgan fingerprint density at radius 1 is 1.37 bits per heavy atom. The quantitative estimate of drug-likeness (QED) is 0.665. The molecule has 0 fully saturated rings. The van der Waals surface area contributed by atoms with Crippen LogP contribution in [0.1, 0.15) is 42.9 Å². The number of carbonyl (C=O) groups is 2.